The van der Waals surface area contributed by atoms with Crippen molar-refractivity contribution in [3.63, 3.8) is 0 Å². The standard InChI is InChI=1S/C27H34N6O3/c1-17(2)25(26-29-30-31-33(26)16-22-8-6-12-36-22)32(15-21-7-5-11-35-21)14-20-13-23-18(3)9-10-19(4)24(23)28-27(20)34/h5,7,9-11,13,17,22,25H,6,8,12,14-16H2,1-4H3,(H,28,34)/t22-,25+/m1/s1. The summed E-state index contributed by atoms with van der Waals surface area (Å²) in [6.45, 7) is 10.7. The van der Waals surface area contributed by atoms with E-state index in [1.165, 1.54) is 0 Å². The zero-order chi connectivity index (χ0) is 25.2. The van der Waals surface area contributed by atoms with Crippen LogP contribution in [-0.4, -0.2) is 42.8 Å². The zero-order valence-corrected chi connectivity index (χ0v) is 21.4. The summed E-state index contributed by atoms with van der Waals surface area (Å²) in [5.41, 5.74) is 3.70. The number of hydrogen-bond acceptors (Lipinski definition) is 7. The Morgan fingerprint density at radius 2 is 2.03 bits per heavy atom. The third-order valence-corrected chi connectivity index (χ3v) is 7.08. The Labute approximate surface area is 210 Å². The first-order valence-corrected chi connectivity index (χ1v) is 12.7. The smallest absolute Gasteiger partial charge is 0.252 e. The second-order valence-electron chi connectivity index (χ2n) is 10.1. The average molecular weight is 491 g/mol. The number of aryl methyl sites for hydroxylation is 2. The molecule has 1 aliphatic heterocycles. The van der Waals surface area contributed by atoms with E-state index in [0.29, 0.717) is 25.2 Å². The molecule has 0 saturated carbocycles. The Balaban J connectivity index is 1.54. The molecule has 9 nitrogen and oxygen atoms in total. The van der Waals surface area contributed by atoms with Gasteiger partial charge in [-0.3, -0.25) is 9.69 Å². The van der Waals surface area contributed by atoms with E-state index in [1.807, 2.05) is 35.9 Å². The van der Waals surface area contributed by atoms with Gasteiger partial charge in [0.2, 0.25) is 0 Å². The molecule has 1 saturated heterocycles. The Hall–Kier alpha value is -3.30. The molecule has 4 heterocycles. The molecular formula is C27H34N6O3. The van der Waals surface area contributed by atoms with Gasteiger partial charge in [-0.25, -0.2) is 4.68 Å². The SMILES string of the molecule is Cc1ccc(C)c2[nH]c(=O)c(CN(Cc3ccco3)[C@H](c3nnnn3C[C@H]3CCCO3)C(C)C)cc12. The predicted molar refractivity (Wildman–Crippen MR) is 136 cm³/mol. The van der Waals surface area contributed by atoms with Crippen LogP contribution >= 0.6 is 0 Å². The van der Waals surface area contributed by atoms with Crippen molar-refractivity contribution in [3.8, 4) is 0 Å². The number of benzene rings is 1. The van der Waals surface area contributed by atoms with Crippen LogP contribution in [0.3, 0.4) is 0 Å². The van der Waals surface area contributed by atoms with E-state index < -0.39 is 0 Å². The molecule has 36 heavy (non-hydrogen) atoms. The molecule has 9 heteroatoms. The number of aromatic amines is 1. The highest BCUT2D eigenvalue weighted by molar-refractivity contribution is 5.85. The summed E-state index contributed by atoms with van der Waals surface area (Å²) < 4.78 is 13.4. The number of ether oxygens (including phenoxy) is 1. The number of hydrogen-bond donors (Lipinski definition) is 1. The maximum atomic E-state index is 13.2. The quantitative estimate of drug-likeness (QED) is 0.373. The number of nitrogens with zero attached hydrogens (tertiary/aromatic N) is 5. The normalized spacial score (nSPS) is 17.0. The van der Waals surface area contributed by atoms with Crippen molar-refractivity contribution >= 4 is 10.9 Å². The Morgan fingerprint density at radius 3 is 2.75 bits per heavy atom. The summed E-state index contributed by atoms with van der Waals surface area (Å²) in [7, 11) is 0. The van der Waals surface area contributed by atoms with Gasteiger partial charge in [-0.1, -0.05) is 26.0 Å². The largest absolute Gasteiger partial charge is 0.468 e. The van der Waals surface area contributed by atoms with Crippen LogP contribution in [0, 0.1) is 19.8 Å². The monoisotopic (exact) mass is 490 g/mol. The lowest BCUT2D eigenvalue weighted by molar-refractivity contribution is 0.0836. The molecule has 5 rings (SSSR count). The van der Waals surface area contributed by atoms with Crippen molar-refractivity contribution < 1.29 is 9.15 Å². The molecule has 4 aromatic rings. The molecule has 0 spiro atoms. The van der Waals surface area contributed by atoms with Gasteiger partial charge in [-0.15, -0.1) is 5.10 Å². The number of pyridine rings is 1. The lowest BCUT2D eigenvalue weighted by Crippen LogP contribution is -2.35. The first kappa shape index (κ1) is 24.4. The minimum Gasteiger partial charge on any atom is -0.468 e. The maximum absolute atomic E-state index is 13.2. The van der Waals surface area contributed by atoms with E-state index in [4.69, 9.17) is 9.15 Å². The number of furan rings is 1. The van der Waals surface area contributed by atoms with Gasteiger partial charge in [0, 0.05) is 24.1 Å². The third-order valence-electron chi connectivity index (χ3n) is 7.08. The molecule has 3 aromatic heterocycles. The van der Waals surface area contributed by atoms with Crippen molar-refractivity contribution in [2.75, 3.05) is 6.61 Å². The van der Waals surface area contributed by atoms with Crippen LogP contribution in [0.2, 0.25) is 0 Å². The van der Waals surface area contributed by atoms with Crippen LogP contribution in [-0.2, 0) is 24.4 Å². The lowest BCUT2D eigenvalue weighted by atomic mass is 9.99. The van der Waals surface area contributed by atoms with Crippen molar-refractivity contribution in [3.05, 3.63) is 75.2 Å². The summed E-state index contributed by atoms with van der Waals surface area (Å²) in [4.78, 5) is 18.6. The molecule has 1 fully saturated rings. The van der Waals surface area contributed by atoms with Crippen molar-refractivity contribution in [1.82, 2.24) is 30.1 Å². The van der Waals surface area contributed by atoms with Crippen molar-refractivity contribution in [1.29, 1.82) is 0 Å². The van der Waals surface area contributed by atoms with Crippen LogP contribution in [0.1, 0.15) is 61.0 Å². The van der Waals surface area contributed by atoms with Gasteiger partial charge in [0.05, 0.1) is 37.0 Å². The minimum absolute atomic E-state index is 0.0814. The lowest BCUT2D eigenvalue weighted by Gasteiger charge is -2.33. The summed E-state index contributed by atoms with van der Waals surface area (Å²) in [6, 6.07) is 9.86. The van der Waals surface area contributed by atoms with E-state index in [2.05, 4.69) is 52.2 Å². The topological polar surface area (TPSA) is 102 Å². The summed E-state index contributed by atoms with van der Waals surface area (Å²) >= 11 is 0. The summed E-state index contributed by atoms with van der Waals surface area (Å²) in [5.74, 6) is 1.78. The molecule has 1 aromatic carbocycles. The Bertz CT molecular complexity index is 1370. The van der Waals surface area contributed by atoms with Crippen LogP contribution in [0.4, 0.5) is 0 Å². The number of fused-ring (bicyclic) bond motifs is 1. The highest BCUT2D eigenvalue weighted by Gasteiger charge is 2.31. The molecular weight excluding hydrogens is 456 g/mol. The predicted octanol–water partition coefficient (Wildman–Crippen LogP) is 4.30. The third kappa shape index (κ3) is 4.99. The second kappa shape index (κ2) is 10.4. The van der Waals surface area contributed by atoms with Gasteiger partial charge in [0.25, 0.3) is 5.56 Å². The molecule has 0 unspecified atom stereocenters. The number of nitrogens with one attached hydrogen (secondary N) is 1. The van der Waals surface area contributed by atoms with Crippen LogP contribution < -0.4 is 5.56 Å². The highest BCUT2D eigenvalue weighted by Crippen LogP contribution is 2.31. The fourth-order valence-corrected chi connectivity index (χ4v) is 5.23. The van der Waals surface area contributed by atoms with Gasteiger partial charge in [0.15, 0.2) is 5.82 Å². The van der Waals surface area contributed by atoms with Gasteiger partial charge in [0.1, 0.15) is 5.76 Å². The van der Waals surface area contributed by atoms with E-state index >= 15 is 0 Å². The maximum Gasteiger partial charge on any atom is 0.252 e. The van der Waals surface area contributed by atoms with Crippen molar-refractivity contribution in [2.45, 2.75) is 72.3 Å². The number of rotatable bonds is 9. The molecule has 0 amide bonds. The van der Waals surface area contributed by atoms with Gasteiger partial charge < -0.3 is 14.1 Å². The fraction of sp³-hybridized carbons (Fsp3) is 0.481. The van der Waals surface area contributed by atoms with Gasteiger partial charge >= 0.3 is 0 Å². The average Bonchev–Trinajstić information content (AvgIpc) is 3.62. The first-order chi connectivity index (χ1) is 17.4. The molecule has 0 aliphatic carbocycles. The highest BCUT2D eigenvalue weighted by atomic mass is 16.5. The van der Waals surface area contributed by atoms with Crippen LogP contribution in [0.5, 0.6) is 0 Å². The fourth-order valence-electron chi connectivity index (χ4n) is 5.23. The molecule has 2 atom stereocenters. The van der Waals surface area contributed by atoms with E-state index in [-0.39, 0.29) is 23.6 Å². The Morgan fingerprint density at radius 1 is 1.19 bits per heavy atom. The van der Waals surface area contributed by atoms with Crippen LogP contribution in [0.25, 0.3) is 10.9 Å². The van der Waals surface area contributed by atoms with E-state index in [9.17, 15) is 4.79 Å². The second-order valence-corrected chi connectivity index (χ2v) is 10.1. The molecule has 1 N–H and O–H groups in total. The number of aromatic nitrogens is 5. The first-order valence-electron chi connectivity index (χ1n) is 12.7. The van der Waals surface area contributed by atoms with Gasteiger partial charge in [-0.2, -0.15) is 0 Å². The number of H-pyrrole nitrogens is 1. The van der Waals surface area contributed by atoms with E-state index in [0.717, 1.165) is 53.1 Å². The summed E-state index contributed by atoms with van der Waals surface area (Å²) in [6.07, 6.45) is 3.86. The molecule has 0 bridgehead atoms. The summed E-state index contributed by atoms with van der Waals surface area (Å²) in [5, 5.41) is 13.8. The minimum atomic E-state index is -0.139. The zero-order valence-electron chi connectivity index (χ0n) is 21.4. The van der Waals surface area contributed by atoms with Crippen molar-refractivity contribution in [2.24, 2.45) is 5.92 Å². The number of tetrazole rings is 1. The van der Waals surface area contributed by atoms with Crippen LogP contribution in [0.15, 0.2) is 45.8 Å². The molecule has 0 radical (unpaired) electrons. The Kier molecular flexibility index (Phi) is 7.02. The van der Waals surface area contributed by atoms with Gasteiger partial charge in [-0.05, 0) is 72.4 Å². The molecule has 1 aliphatic rings. The molecule has 190 valence electrons. The van der Waals surface area contributed by atoms with E-state index in [1.54, 1.807) is 6.26 Å².